The van der Waals surface area contributed by atoms with E-state index in [-0.39, 0.29) is 0 Å². The Morgan fingerprint density at radius 2 is 1.95 bits per heavy atom. The lowest BCUT2D eigenvalue weighted by Crippen LogP contribution is -2.36. The Labute approximate surface area is 115 Å². The molecule has 3 rings (SSSR count). The Kier molecular flexibility index (Phi) is 3.50. The van der Waals surface area contributed by atoms with Crippen molar-refractivity contribution in [2.75, 3.05) is 19.6 Å². The second kappa shape index (κ2) is 5.14. The second-order valence-electron chi connectivity index (χ2n) is 5.92. The third-order valence-electron chi connectivity index (χ3n) is 4.75. The molecule has 0 bridgehead atoms. The molecule has 3 nitrogen and oxygen atoms in total. The van der Waals surface area contributed by atoms with Gasteiger partial charge in [0.2, 0.25) is 0 Å². The Balaban J connectivity index is 1.66. The van der Waals surface area contributed by atoms with Crippen molar-refractivity contribution in [3.63, 3.8) is 0 Å². The monoisotopic (exact) mass is 260 g/mol. The summed E-state index contributed by atoms with van der Waals surface area (Å²) >= 11 is 0. The van der Waals surface area contributed by atoms with E-state index in [9.17, 15) is 0 Å². The van der Waals surface area contributed by atoms with E-state index >= 15 is 0 Å². The number of furan rings is 1. The number of likely N-dealkylation sites (tertiary alicyclic amines) is 2. The summed E-state index contributed by atoms with van der Waals surface area (Å²) in [4.78, 5) is 5.18. The molecule has 0 amide bonds. The van der Waals surface area contributed by atoms with Crippen molar-refractivity contribution >= 4 is 0 Å². The number of fused-ring (bicyclic) bond motifs is 1. The fourth-order valence-electron chi connectivity index (χ4n) is 3.68. The van der Waals surface area contributed by atoms with Crippen molar-refractivity contribution in [1.82, 2.24) is 9.80 Å². The van der Waals surface area contributed by atoms with Gasteiger partial charge in [-0.2, -0.15) is 0 Å². The minimum atomic E-state index is 0.714. The lowest BCUT2D eigenvalue weighted by molar-refractivity contribution is 0.211. The van der Waals surface area contributed by atoms with Crippen LogP contribution >= 0.6 is 0 Å². The summed E-state index contributed by atoms with van der Waals surface area (Å²) in [5, 5.41) is 0. The molecule has 0 radical (unpaired) electrons. The van der Waals surface area contributed by atoms with E-state index in [4.69, 9.17) is 4.42 Å². The summed E-state index contributed by atoms with van der Waals surface area (Å²) in [6, 6.07) is 3.64. The van der Waals surface area contributed by atoms with Crippen molar-refractivity contribution in [2.24, 2.45) is 0 Å². The molecule has 0 saturated carbocycles. The molecule has 0 unspecified atom stereocenters. The predicted molar refractivity (Wildman–Crippen MR) is 77.2 cm³/mol. The molecule has 0 N–H and O–H groups in total. The van der Waals surface area contributed by atoms with Crippen LogP contribution in [0.25, 0.3) is 0 Å². The van der Waals surface area contributed by atoms with E-state index < -0.39 is 0 Å². The largest absolute Gasteiger partial charge is 0.465 e. The number of rotatable bonds is 4. The van der Waals surface area contributed by atoms with Crippen LogP contribution in [0.5, 0.6) is 0 Å². The smallest absolute Gasteiger partial charge is 0.118 e. The first-order valence-corrected chi connectivity index (χ1v) is 7.34. The first-order chi connectivity index (χ1) is 9.19. The molecule has 19 heavy (non-hydrogen) atoms. The highest BCUT2D eigenvalue weighted by molar-refractivity contribution is 5.19. The van der Waals surface area contributed by atoms with E-state index in [0.29, 0.717) is 6.04 Å². The number of hydrogen-bond acceptors (Lipinski definition) is 3. The van der Waals surface area contributed by atoms with Crippen molar-refractivity contribution in [1.29, 1.82) is 0 Å². The van der Waals surface area contributed by atoms with Crippen LogP contribution in [-0.2, 0) is 6.54 Å². The quantitative estimate of drug-likeness (QED) is 0.776. The number of hydrogen-bond donors (Lipinski definition) is 0. The van der Waals surface area contributed by atoms with Gasteiger partial charge in [-0.25, -0.2) is 0 Å². The van der Waals surface area contributed by atoms with Gasteiger partial charge in [0.15, 0.2) is 0 Å². The minimum absolute atomic E-state index is 0.714. The standard InChI is InChI=1S/C16H24N2O/c1-4-7-17-8-5-16-15(17)6-9-18(16)11-14-10-12(2)13(3)19-14/h4,10,15-16H,1,5-9,11H2,2-3H3/t15-,16+/m1/s1. The van der Waals surface area contributed by atoms with Gasteiger partial charge in [0.1, 0.15) is 11.5 Å². The summed E-state index contributed by atoms with van der Waals surface area (Å²) in [6.45, 7) is 12.5. The van der Waals surface area contributed by atoms with Crippen LogP contribution in [0.1, 0.15) is 29.9 Å². The van der Waals surface area contributed by atoms with Crippen LogP contribution in [0.3, 0.4) is 0 Å². The minimum Gasteiger partial charge on any atom is -0.465 e. The van der Waals surface area contributed by atoms with Crippen LogP contribution in [0, 0.1) is 13.8 Å². The third kappa shape index (κ3) is 2.37. The average molecular weight is 260 g/mol. The summed E-state index contributed by atoms with van der Waals surface area (Å²) in [5.41, 5.74) is 1.27. The normalized spacial score (nSPS) is 27.9. The molecule has 0 aliphatic carbocycles. The number of aryl methyl sites for hydroxylation is 2. The SMILES string of the molecule is C=CCN1CC[C@H]2[C@H]1CCN2Cc1cc(C)c(C)o1. The lowest BCUT2D eigenvalue weighted by atomic mass is 10.1. The highest BCUT2D eigenvalue weighted by atomic mass is 16.3. The van der Waals surface area contributed by atoms with E-state index in [2.05, 4.69) is 29.4 Å². The van der Waals surface area contributed by atoms with E-state index in [1.165, 1.54) is 31.5 Å². The molecule has 0 aromatic carbocycles. The highest BCUT2D eigenvalue weighted by Gasteiger charge is 2.41. The van der Waals surface area contributed by atoms with Crippen LogP contribution in [-0.4, -0.2) is 41.5 Å². The zero-order chi connectivity index (χ0) is 13.4. The average Bonchev–Trinajstić information content (AvgIpc) is 3.01. The van der Waals surface area contributed by atoms with Crippen molar-refractivity contribution < 1.29 is 4.42 Å². The number of nitrogens with zero attached hydrogens (tertiary/aromatic N) is 2. The van der Waals surface area contributed by atoms with Gasteiger partial charge in [-0.1, -0.05) is 6.08 Å². The molecule has 2 fully saturated rings. The summed E-state index contributed by atoms with van der Waals surface area (Å²) in [7, 11) is 0. The molecule has 2 saturated heterocycles. The third-order valence-corrected chi connectivity index (χ3v) is 4.75. The van der Waals surface area contributed by atoms with Gasteiger partial charge < -0.3 is 4.42 Å². The fraction of sp³-hybridized carbons (Fsp3) is 0.625. The van der Waals surface area contributed by atoms with Gasteiger partial charge in [0.25, 0.3) is 0 Å². The van der Waals surface area contributed by atoms with Crippen LogP contribution in [0.4, 0.5) is 0 Å². The molecule has 1 aromatic heterocycles. The van der Waals surface area contributed by atoms with Gasteiger partial charge in [-0.3, -0.25) is 9.80 Å². The molecule has 104 valence electrons. The first-order valence-electron chi connectivity index (χ1n) is 7.34. The zero-order valence-electron chi connectivity index (χ0n) is 12.1. The maximum absolute atomic E-state index is 5.83. The molecule has 3 heteroatoms. The molecule has 1 aromatic rings. The van der Waals surface area contributed by atoms with E-state index in [0.717, 1.165) is 30.7 Å². The molecule has 3 heterocycles. The molecule has 2 atom stereocenters. The highest BCUT2D eigenvalue weighted by Crippen LogP contribution is 2.32. The molecule has 0 spiro atoms. The topological polar surface area (TPSA) is 19.6 Å². The Hall–Kier alpha value is -1.06. The van der Waals surface area contributed by atoms with Crippen molar-refractivity contribution in [2.45, 2.75) is 45.3 Å². The van der Waals surface area contributed by atoms with E-state index in [1.807, 2.05) is 13.0 Å². The van der Waals surface area contributed by atoms with Gasteiger partial charge in [0.05, 0.1) is 6.54 Å². The fourth-order valence-corrected chi connectivity index (χ4v) is 3.68. The zero-order valence-corrected chi connectivity index (χ0v) is 12.1. The summed E-state index contributed by atoms with van der Waals surface area (Å²) < 4.78 is 5.83. The van der Waals surface area contributed by atoms with Crippen LogP contribution < -0.4 is 0 Å². The van der Waals surface area contributed by atoms with Gasteiger partial charge in [-0.05, 0) is 38.3 Å². The first kappa shape index (κ1) is 12.9. The van der Waals surface area contributed by atoms with Crippen LogP contribution in [0.15, 0.2) is 23.1 Å². The van der Waals surface area contributed by atoms with Crippen molar-refractivity contribution in [3.8, 4) is 0 Å². The van der Waals surface area contributed by atoms with Gasteiger partial charge >= 0.3 is 0 Å². The van der Waals surface area contributed by atoms with Gasteiger partial charge in [-0.15, -0.1) is 6.58 Å². The maximum atomic E-state index is 5.83. The summed E-state index contributed by atoms with van der Waals surface area (Å²) in [6.07, 6.45) is 4.61. The Bertz CT molecular complexity index is 446. The van der Waals surface area contributed by atoms with Gasteiger partial charge in [0, 0.05) is 31.7 Å². The maximum Gasteiger partial charge on any atom is 0.118 e. The van der Waals surface area contributed by atoms with Crippen LogP contribution in [0.2, 0.25) is 0 Å². The summed E-state index contributed by atoms with van der Waals surface area (Å²) in [5.74, 6) is 2.18. The lowest BCUT2D eigenvalue weighted by Gasteiger charge is -2.24. The molecular formula is C16H24N2O. The van der Waals surface area contributed by atoms with E-state index in [1.54, 1.807) is 0 Å². The molecular weight excluding hydrogens is 236 g/mol. The Morgan fingerprint density at radius 3 is 2.58 bits per heavy atom. The van der Waals surface area contributed by atoms with Crippen molar-refractivity contribution in [3.05, 3.63) is 35.8 Å². The second-order valence-corrected chi connectivity index (χ2v) is 5.92. The predicted octanol–water partition coefficient (Wildman–Crippen LogP) is 2.73. The molecule has 2 aliphatic rings. The molecule has 2 aliphatic heterocycles. The Morgan fingerprint density at radius 1 is 1.26 bits per heavy atom.